The molecule has 3 heteroatoms. The van der Waals surface area contributed by atoms with E-state index in [0.29, 0.717) is 18.3 Å². The van der Waals surface area contributed by atoms with Crippen LogP contribution in [0, 0.1) is 0 Å². The van der Waals surface area contributed by atoms with Gasteiger partial charge in [-0.3, -0.25) is 0 Å². The number of hydrogen-bond acceptors (Lipinski definition) is 3. The van der Waals surface area contributed by atoms with Crippen molar-refractivity contribution in [1.29, 1.82) is 0 Å². The minimum atomic E-state index is 0.402. The monoisotopic (exact) mass is 236 g/mol. The molecule has 0 spiro atoms. The third-order valence-corrected chi connectivity index (χ3v) is 2.71. The van der Waals surface area contributed by atoms with E-state index in [9.17, 15) is 0 Å². The number of pyridine rings is 1. The number of nitrogens with zero attached hydrogens (tertiary/aromatic N) is 1. The first-order chi connectivity index (χ1) is 8.17. The van der Waals surface area contributed by atoms with Gasteiger partial charge in [-0.05, 0) is 24.0 Å². The SMILES string of the molecule is CCCCCOc1cc(CN)cc(C(C)C)n1. The van der Waals surface area contributed by atoms with Crippen LogP contribution in [-0.4, -0.2) is 11.6 Å². The molecule has 1 rings (SSSR count). The molecule has 96 valence electrons. The van der Waals surface area contributed by atoms with E-state index in [1.807, 2.05) is 6.07 Å². The quantitative estimate of drug-likeness (QED) is 0.739. The van der Waals surface area contributed by atoms with E-state index in [1.165, 1.54) is 12.8 Å². The average molecular weight is 236 g/mol. The molecule has 0 amide bonds. The standard InChI is InChI=1S/C14H24N2O/c1-4-5-6-7-17-14-9-12(10-15)8-13(16-14)11(2)3/h8-9,11H,4-7,10,15H2,1-3H3. The molecule has 17 heavy (non-hydrogen) atoms. The number of ether oxygens (including phenoxy) is 1. The van der Waals surface area contributed by atoms with Crippen molar-refractivity contribution in [1.82, 2.24) is 4.98 Å². The van der Waals surface area contributed by atoms with E-state index >= 15 is 0 Å². The van der Waals surface area contributed by atoms with Crippen molar-refractivity contribution in [2.24, 2.45) is 5.73 Å². The van der Waals surface area contributed by atoms with Gasteiger partial charge in [-0.25, -0.2) is 4.98 Å². The van der Waals surface area contributed by atoms with Gasteiger partial charge in [0.05, 0.1) is 6.61 Å². The molecule has 2 N–H and O–H groups in total. The first-order valence-corrected chi connectivity index (χ1v) is 6.51. The van der Waals surface area contributed by atoms with Gasteiger partial charge >= 0.3 is 0 Å². The first-order valence-electron chi connectivity index (χ1n) is 6.51. The van der Waals surface area contributed by atoms with E-state index in [-0.39, 0.29) is 0 Å². The Morgan fingerprint density at radius 2 is 2.06 bits per heavy atom. The largest absolute Gasteiger partial charge is 0.478 e. The smallest absolute Gasteiger partial charge is 0.213 e. The number of nitrogens with two attached hydrogens (primary N) is 1. The Bertz CT molecular complexity index is 337. The Labute approximate surface area is 104 Å². The molecule has 0 aliphatic carbocycles. The summed E-state index contributed by atoms with van der Waals surface area (Å²) in [5.41, 5.74) is 7.83. The van der Waals surface area contributed by atoms with Crippen LogP contribution in [0.25, 0.3) is 0 Å². The molecule has 1 heterocycles. The average Bonchev–Trinajstić information content (AvgIpc) is 2.34. The molecule has 0 saturated carbocycles. The lowest BCUT2D eigenvalue weighted by Crippen LogP contribution is -2.05. The highest BCUT2D eigenvalue weighted by atomic mass is 16.5. The zero-order valence-corrected chi connectivity index (χ0v) is 11.2. The van der Waals surface area contributed by atoms with Crippen LogP contribution in [0.4, 0.5) is 0 Å². The van der Waals surface area contributed by atoms with Crippen molar-refractivity contribution in [3.05, 3.63) is 23.4 Å². The Morgan fingerprint density at radius 1 is 1.29 bits per heavy atom. The van der Waals surface area contributed by atoms with Crippen LogP contribution in [0.15, 0.2) is 12.1 Å². The zero-order valence-electron chi connectivity index (χ0n) is 11.2. The fraction of sp³-hybridized carbons (Fsp3) is 0.643. The highest BCUT2D eigenvalue weighted by Crippen LogP contribution is 2.19. The Hall–Kier alpha value is -1.09. The van der Waals surface area contributed by atoms with Crippen LogP contribution in [0.2, 0.25) is 0 Å². The fourth-order valence-electron chi connectivity index (χ4n) is 1.60. The van der Waals surface area contributed by atoms with E-state index in [2.05, 4.69) is 31.8 Å². The molecule has 1 aromatic heterocycles. The highest BCUT2D eigenvalue weighted by molar-refractivity contribution is 5.26. The maximum atomic E-state index is 5.68. The maximum Gasteiger partial charge on any atom is 0.213 e. The van der Waals surface area contributed by atoms with Gasteiger partial charge in [0.2, 0.25) is 5.88 Å². The lowest BCUT2D eigenvalue weighted by Gasteiger charge is -2.11. The Balaban J connectivity index is 2.66. The molecule has 0 aromatic carbocycles. The summed E-state index contributed by atoms with van der Waals surface area (Å²) in [4.78, 5) is 4.50. The molecule has 0 radical (unpaired) electrons. The van der Waals surface area contributed by atoms with Crippen molar-refractivity contribution in [2.75, 3.05) is 6.61 Å². The summed E-state index contributed by atoms with van der Waals surface area (Å²) in [6.45, 7) is 7.72. The molecule has 1 aromatic rings. The summed E-state index contributed by atoms with van der Waals surface area (Å²) < 4.78 is 5.67. The van der Waals surface area contributed by atoms with Crippen LogP contribution >= 0.6 is 0 Å². The van der Waals surface area contributed by atoms with Gasteiger partial charge in [0.15, 0.2) is 0 Å². The predicted octanol–water partition coefficient (Wildman–Crippen LogP) is 3.23. The third kappa shape index (κ3) is 4.73. The molecule has 0 saturated heterocycles. The van der Waals surface area contributed by atoms with E-state index in [1.54, 1.807) is 0 Å². The van der Waals surface area contributed by atoms with Gasteiger partial charge in [0, 0.05) is 18.3 Å². The summed E-state index contributed by atoms with van der Waals surface area (Å²) in [6, 6.07) is 4.00. The molecule has 0 bridgehead atoms. The summed E-state index contributed by atoms with van der Waals surface area (Å²) in [7, 11) is 0. The molecule has 3 nitrogen and oxygen atoms in total. The lowest BCUT2D eigenvalue weighted by atomic mass is 10.1. The summed E-state index contributed by atoms with van der Waals surface area (Å²) in [6.07, 6.45) is 3.49. The summed E-state index contributed by atoms with van der Waals surface area (Å²) in [5, 5.41) is 0. The van der Waals surface area contributed by atoms with Crippen LogP contribution in [0.3, 0.4) is 0 Å². The maximum absolute atomic E-state index is 5.68. The second kappa shape index (κ2) is 7.28. The Kier molecular flexibility index (Phi) is 5.98. The van der Waals surface area contributed by atoms with Gasteiger partial charge < -0.3 is 10.5 Å². The number of unbranched alkanes of at least 4 members (excludes halogenated alkanes) is 2. The number of hydrogen-bond donors (Lipinski definition) is 1. The highest BCUT2D eigenvalue weighted by Gasteiger charge is 2.06. The van der Waals surface area contributed by atoms with Crippen molar-refractivity contribution in [3.8, 4) is 5.88 Å². The molecule has 0 atom stereocenters. The number of aromatic nitrogens is 1. The normalized spacial score (nSPS) is 10.9. The Morgan fingerprint density at radius 3 is 2.65 bits per heavy atom. The first kappa shape index (κ1) is 14.0. The molecule has 0 unspecified atom stereocenters. The zero-order chi connectivity index (χ0) is 12.7. The van der Waals surface area contributed by atoms with Crippen molar-refractivity contribution in [2.45, 2.75) is 52.5 Å². The van der Waals surface area contributed by atoms with Gasteiger partial charge in [-0.1, -0.05) is 33.6 Å². The second-order valence-corrected chi connectivity index (χ2v) is 4.65. The lowest BCUT2D eigenvalue weighted by molar-refractivity contribution is 0.293. The van der Waals surface area contributed by atoms with Gasteiger partial charge in [0.1, 0.15) is 0 Å². The second-order valence-electron chi connectivity index (χ2n) is 4.65. The summed E-state index contributed by atoms with van der Waals surface area (Å²) in [5.74, 6) is 1.12. The van der Waals surface area contributed by atoms with Gasteiger partial charge in [-0.15, -0.1) is 0 Å². The minimum absolute atomic E-state index is 0.402. The van der Waals surface area contributed by atoms with Crippen LogP contribution in [0.1, 0.15) is 57.2 Å². The fourth-order valence-corrected chi connectivity index (χ4v) is 1.60. The number of rotatable bonds is 7. The molecule has 0 aliphatic rings. The van der Waals surface area contributed by atoms with E-state index in [4.69, 9.17) is 10.5 Å². The van der Waals surface area contributed by atoms with Crippen LogP contribution in [0.5, 0.6) is 5.88 Å². The third-order valence-electron chi connectivity index (χ3n) is 2.71. The van der Waals surface area contributed by atoms with E-state index < -0.39 is 0 Å². The van der Waals surface area contributed by atoms with E-state index in [0.717, 1.165) is 24.3 Å². The summed E-state index contributed by atoms with van der Waals surface area (Å²) >= 11 is 0. The molecular formula is C14H24N2O. The van der Waals surface area contributed by atoms with Crippen LogP contribution in [-0.2, 0) is 6.54 Å². The topological polar surface area (TPSA) is 48.1 Å². The van der Waals surface area contributed by atoms with Gasteiger partial charge in [0.25, 0.3) is 0 Å². The van der Waals surface area contributed by atoms with Gasteiger partial charge in [-0.2, -0.15) is 0 Å². The van der Waals surface area contributed by atoms with Crippen molar-refractivity contribution in [3.63, 3.8) is 0 Å². The molecular weight excluding hydrogens is 212 g/mol. The van der Waals surface area contributed by atoms with Crippen molar-refractivity contribution < 1.29 is 4.74 Å². The molecule has 0 fully saturated rings. The minimum Gasteiger partial charge on any atom is -0.478 e. The van der Waals surface area contributed by atoms with Crippen molar-refractivity contribution >= 4 is 0 Å². The predicted molar refractivity (Wildman–Crippen MR) is 71.2 cm³/mol. The van der Waals surface area contributed by atoms with Crippen LogP contribution < -0.4 is 10.5 Å². The molecule has 0 aliphatic heterocycles.